The highest BCUT2D eigenvalue weighted by Crippen LogP contribution is 2.15. The van der Waals surface area contributed by atoms with Gasteiger partial charge in [-0.15, -0.1) is 0 Å². The SMILES string of the molecule is CC(C)n1cc(C#N)cc1N. The smallest absolute Gasteiger partial charge is 0.104 e. The third-order valence-corrected chi connectivity index (χ3v) is 1.57. The zero-order valence-corrected chi connectivity index (χ0v) is 6.70. The minimum Gasteiger partial charge on any atom is -0.385 e. The highest BCUT2D eigenvalue weighted by atomic mass is 15.1. The van der Waals surface area contributed by atoms with E-state index in [0.717, 1.165) is 0 Å². The molecule has 0 unspecified atom stereocenters. The van der Waals surface area contributed by atoms with Crippen molar-refractivity contribution >= 4 is 5.82 Å². The van der Waals surface area contributed by atoms with Gasteiger partial charge in [-0.2, -0.15) is 5.26 Å². The second-order valence-corrected chi connectivity index (χ2v) is 2.77. The Morgan fingerprint density at radius 1 is 1.64 bits per heavy atom. The van der Waals surface area contributed by atoms with Gasteiger partial charge in [0.05, 0.1) is 5.56 Å². The Labute approximate surface area is 66.0 Å². The van der Waals surface area contributed by atoms with Gasteiger partial charge in [-0.25, -0.2) is 0 Å². The highest BCUT2D eigenvalue weighted by molar-refractivity contribution is 5.42. The minimum absolute atomic E-state index is 0.317. The Morgan fingerprint density at radius 2 is 2.27 bits per heavy atom. The molecular weight excluding hydrogens is 138 g/mol. The molecule has 0 aromatic carbocycles. The van der Waals surface area contributed by atoms with Crippen LogP contribution in [-0.4, -0.2) is 4.57 Å². The lowest BCUT2D eigenvalue weighted by molar-refractivity contribution is 0.611. The van der Waals surface area contributed by atoms with Gasteiger partial charge >= 0.3 is 0 Å². The number of hydrogen-bond donors (Lipinski definition) is 1. The van der Waals surface area contributed by atoms with Crippen molar-refractivity contribution in [2.75, 3.05) is 5.73 Å². The van der Waals surface area contributed by atoms with Crippen molar-refractivity contribution in [1.29, 1.82) is 5.26 Å². The lowest BCUT2D eigenvalue weighted by Gasteiger charge is -2.08. The van der Waals surface area contributed by atoms with Gasteiger partial charge in [0.2, 0.25) is 0 Å². The average Bonchev–Trinajstić information content (AvgIpc) is 2.30. The number of nitrogens with zero attached hydrogens (tertiary/aromatic N) is 2. The summed E-state index contributed by atoms with van der Waals surface area (Å²) < 4.78 is 1.87. The van der Waals surface area contributed by atoms with Crippen molar-refractivity contribution in [2.24, 2.45) is 0 Å². The lowest BCUT2D eigenvalue weighted by Crippen LogP contribution is -2.02. The van der Waals surface area contributed by atoms with E-state index in [1.807, 2.05) is 24.5 Å². The van der Waals surface area contributed by atoms with Crippen LogP contribution in [0.3, 0.4) is 0 Å². The van der Waals surface area contributed by atoms with E-state index in [4.69, 9.17) is 11.0 Å². The van der Waals surface area contributed by atoms with Gasteiger partial charge in [0.15, 0.2) is 0 Å². The third kappa shape index (κ3) is 1.35. The molecule has 0 bridgehead atoms. The van der Waals surface area contributed by atoms with E-state index in [9.17, 15) is 0 Å². The van der Waals surface area contributed by atoms with Gasteiger partial charge in [0.1, 0.15) is 11.9 Å². The summed E-state index contributed by atoms with van der Waals surface area (Å²) in [6, 6.07) is 4.04. The van der Waals surface area contributed by atoms with E-state index in [1.54, 1.807) is 12.3 Å². The molecule has 3 nitrogen and oxygen atoms in total. The fourth-order valence-corrected chi connectivity index (χ4v) is 1.00. The zero-order chi connectivity index (χ0) is 8.43. The van der Waals surface area contributed by atoms with E-state index in [1.165, 1.54) is 0 Å². The van der Waals surface area contributed by atoms with E-state index in [-0.39, 0.29) is 0 Å². The van der Waals surface area contributed by atoms with Gasteiger partial charge in [0, 0.05) is 12.2 Å². The summed E-state index contributed by atoms with van der Waals surface area (Å²) in [6.45, 7) is 4.05. The molecule has 1 aromatic heterocycles. The Balaban J connectivity index is 3.09. The van der Waals surface area contributed by atoms with Crippen molar-refractivity contribution in [3.63, 3.8) is 0 Å². The van der Waals surface area contributed by atoms with Crippen molar-refractivity contribution in [3.8, 4) is 6.07 Å². The number of nitriles is 1. The number of anilines is 1. The molecule has 0 aliphatic heterocycles. The van der Waals surface area contributed by atoms with E-state index >= 15 is 0 Å². The average molecular weight is 149 g/mol. The first-order valence-electron chi connectivity index (χ1n) is 3.52. The van der Waals surface area contributed by atoms with Crippen LogP contribution in [0.15, 0.2) is 12.3 Å². The second kappa shape index (κ2) is 2.67. The number of nitrogen functional groups attached to an aromatic ring is 1. The van der Waals surface area contributed by atoms with Gasteiger partial charge in [-0.1, -0.05) is 0 Å². The summed E-state index contributed by atoms with van der Waals surface area (Å²) in [5, 5.41) is 8.54. The topological polar surface area (TPSA) is 54.7 Å². The molecule has 2 N–H and O–H groups in total. The van der Waals surface area contributed by atoms with Gasteiger partial charge < -0.3 is 10.3 Å². The maximum atomic E-state index is 8.54. The molecule has 0 aliphatic rings. The van der Waals surface area contributed by atoms with Crippen LogP contribution in [0, 0.1) is 11.3 Å². The summed E-state index contributed by atoms with van der Waals surface area (Å²) >= 11 is 0. The molecule has 0 saturated carbocycles. The molecule has 0 spiro atoms. The maximum absolute atomic E-state index is 8.54. The first-order chi connectivity index (χ1) is 5.15. The van der Waals surface area contributed by atoms with Gasteiger partial charge in [0.25, 0.3) is 0 Å². The van der Waals surface area contributed by atoms with Crippen LogP contribution in [0.2, 0.25) is 0 Å². The van der Waals surface area contributed by atoms with Crippen molar-refractivity contribution in [3.05, 3.63) is 17.8 Å². The molecule has 3 heteroatoms. The molecule has 1 aromatic rings. The van der Waals surface area contributed by atoms with E-state index in [0.29, 0.717) is 17.4 Å². The first-order valence-corrected chi connectivity index (χ1v) is 3.52. The maximum Gasteiger partial charge on any atom is 0.104 e. The van der Waals surface area contributed by atoms with Crippen LogP contribution in [0.25, 0.3) is 0 Å². The summed E-state index contributed by atoms with van der Waals surface area (Å²) in [4.78, 5) is 0. The highest BCUT2D eigenvalue weighted by Gasteiger charge is 2.03. The number of nitrogens with two attached hydrogens (primary N) is 1. The van der Waals surface area contributed by atoms with Gasteiger partial charge in [-0.3, -0.25) is 0 Å². The minimum atomic E-state index is 0.317. The largest absolute Gasteiger partial charge is 0.385 e. The Kier molecular flexibility index (Phi) is 1.86. The number of aromatic nitrogens is 1. The lowest BCUT2D eigenvalue weighted by atomic mass is 10.4. The summed E-state index contributed by atoms with van der Waals surface area (Å²) in [6.07, 6.45) is 1.76. The number of hydrogen-bond acceptors (Lipinski definition) is 2. The quantitative estimate of drug-likeness (QED) is 0.658. The summed E-state index contributed by atoms with van der Waals surface area (Å²) in [5.74, 6) is 0.650. The van der Waals surface area contributed by atoms with Crippen molar-refractivity contribution in [1.82, 2.24) is 4.57 Å². The van der Waals surface area contributed by atoms with Crippen molar-refractivity contribution < 1.29 is 0 Å². The second-order valence-electron chi connectivity index (χ2n) is 2.77. The van der Waals surface area contributed by atoms with Crippen LogP contribution in [0.5, 0.6) is 0 Å². The van der Waals surface area contributed by atoms with Crippen LogP contribution in [-0.2, 0) is 0 Å². The molecule has 0 amide bonds. The van der Waals surface area contributed by atoms with Crippen LogP contribution >= 0.6 is 0 Å². The molecule has 11 heavy (non-hydrogen) atoms. The van der Waals surface area contributed by atoms with Crippen molar-refractivity contribution in [2.45, 2.75) is 19.9 Å². The molecule has 0 fully saturated rings. The Morgan fingerprint density at radius 3 is 2.55 bits per heavy atom. The van der Waals surface area contributed by atoms with Gasteiger partial charge in [-0.05, 0) is 19.9 Å². The standard InChI is InChI=1S/C8H11N3/c1-6(2)11-5-7(4-9)3-8(11)10/h3,5-6H,10H2,1-2H3. The normalized spacial score (nSPS) is 10.0. The predicted octanol–water partition coefficient (Wildman–Crippen LogP) is 1.52. The molecule has 58 valence electrons. The summed E-state index contributed by atoms with van der Waals surface area (Å²) in [7, 11) is 0. The monoisotopic (exact) mass is 149 g/mol. The summed E-state index contributed by atoms with van der Waals surface area (Å²) in [5.41, 5.74) is 6.25. The van der Waals surface area contributed by atoms with Crippen LogP contribution in [0.4, 0.5) is 5.82 Å². The molecule has 1 rings (SSSR count). The van der Waals surface area contributed by atoms with Crippen LogP contribution in [0.1, 0.15) is 25.5 Å². The molecule has 1 heterocycles. The molecule has 0 saturated heterocycles. The molecular formula is C8H11N3. The molecule has 0 radical (unpaired) electrons. The number of rotatable bonds is 1. The first kappa shape index (κ1) is 7.67. The Hall–Kier alpha value is -1.43. The predicted molar refractivity (Wildman–Crippen MR) is 43.9 cm³/mol. The zero-order valence-electron chi connectivity index (χ0n) is 6.70. The van der Waals surface area contributed by atoms with Crippen LogP contribution < -0.4 is 5.73 Å². The third-order valence-electron chi connectivity index (χ3n) is 1.57. The van der Waals surface area contributed by atoms with E-state index < -0.39 is 0 Å². The Bertz CT molecular complexity index is 291. The fraction of sp³-hybridized carbons (Fsp3) is 0.375. The molecule has 0 atom stereocenters. The van der Waals surface area contributed by atoms with E-state index in [2.05, 4.69) is 0 Å². The molecule has 0 aliphatic carbocycles. The fourth-order valence-electron chi connectivity index (χ4n) is 1.00.